The molecule has 1 aliphatic rings. The second-order valence-corrected chi connectivity index (χ2v) is 6.49. The maximum Gasteiger partial charge on any atom is 0.109 e. The predicted molar refractivity (Wildman–Crippen MR) is 79.1 cm³/mol. The van der Waals surface area contributed by atoms with Crippen molar-refractivity contribution in [1.82, 2.24) is 14.9 Å². The molecule has 0 radical (unpaired) electrons. The van der Waals surface area contributed by atoms with Gasteiger partial charge in [-0.2, -0.15) is 11.8 Å². The van der Waals surface area contributed by atoms with E-state index in [2.05, 4.69) is 40.6 Å². The molecule has 102 valence electrons. The van der Waals surface area contributed by atoms with Gasteiger partial charge in [0.1, 0.15) is 5.82 Å². The predicted octanol–water partition coefficient (Wildman–Crippen LogP) is 2.62. The molecule has 3 nitrogen and oxygen atoms in total. The minimum atomic E-state index is 0.557. The van der Waals surface area contributed by atoms with Gasteiger partial charge in [0, 0.05) is 42.9 Å². The topological polar surface area (TPSA) is 29.9 Å². The van der Waals surface area contributed by atoms with E-state index in [0.717, 1.165) is 18.2 Å². The first-order valence-electron chi connectivity index (χ1n) is 7.10. The Morgan fingerprint density at radius 2 is 2.28 bits per heavy atom. The average Bonchev–Trinajstić information content (AvgIpc) is 2.99. The van der Waals surface area contributed by atoms with E-state index in [-0.39, 0.29) is 0 Å². The van der Waals surface area contributed by atoms with E-state index in [9.17, 15) is 0 Å². The van der Waals surface area contributed by atoms with E-state index in [1.807, 2.05) is 12.4 Å². The molecule has 1 heterocycles. The van der Waals surface area contributed by atoms with Crippen LogP contribution in [0.1, 0.15) is 38.4 Å². The van der Waals surface area contributed by atoms with Crippen molar-refractivity contribution in [3.05, 3.63) is 18.2 Å². The molecule has 1 atom stereocenters. The Balaban J connectivity index is 1.81. The van der Waals surface area contributed by atoms with Crippen LogP contribution in [-0.2, 0) is 13.5 Å². The number of nitrogens with zero attached hydrogens (tertiary/aromatic N) is 2. The van der Waals surface area contributed by atoms with E-state index in [4.69, 9.17) is 0 Å². The number of imidazole rings is 1. The van der Waals surface area contributed by atoms with Crippen molar-refractivity contribution in [2.45, 2.75) is 50.3 Å². The highest BCUT2D eigenvalue weighted by atomic mass is 32.2. The molecule has 1 N–H and O–H groups in total. The van der Waals surface area contributed by atoms with Gasteiger partial charge in [-0.25, -0.2) is 4.98 Å². The molecule has 18 heavy (non-hydrogen) atoms. The number of hydrogen-bond acceptors (Lipinski definition) is 3. The molecule has 1 aliphatic carbocycles. The molecule has 1 aromatic rings. The Kier molecular flexibility index (Phi) is 5.57. The van der Waals surface area contributed by atoms with Crippen molar-refractivity contribution >= 4 is 11.8 Å². The number of hydrogen-bond donors (Lipinski definition) is 1. The van der Waals surface area contributed by atoms with Gasteiger partial charge in [0.2, 0.25) is 0 Å². The molecule has 0 spiro atoms. The second-order valence-electron chi connectivity index (χ2n) is 5.15. The number of aryl methyl sites for hydroxylation is 1. The second kappa shape index (κ2) is 7.19. The Morgan fingerprint density at radius 3 is 2.89 bits per heavy atom. The summed E-state index contributed by atoms with van der Waals surface area (Å²) in [7, 11) is 2.08. The maximum atomic E-state index is 4.43. The molecule has 1 saturated carbocycles. The van der Waals surface area contributed by atoms with Gasteiger partial charge in [0.25, 0.3) is 0 Å². The number of thioether (sulfide) groups is 1. The minimum absolute atomic E-state index is 0.557. The average molecular weight is 267 g/mol. The molecule has 1 fully saturated rings. The van der Waals surface area contributed by atoms with Crippen molar-refractivity contribution in [3.8, 4) is 0 Å². The molecule has 0 amide bonds. The van der Waals surface area contributed by atoms with E-state index in [1.165, 1.54) is 37.3 Å². The number of aromatic nitrogens is 2. The van der Waals surface area contributed by atoms with Crippen LogP contribution < -0.4 is 5.32 Å². The lowest BCUT2D eigenvalue weighted by atomic mass is 10.2. The standard InChI is InChI=1S/C14H25N3S/c1-3-15-12(10-14-16-8-9-17(14)2)11-18-13-6-4-5-7-13/h8-9,12-13,15H,3-7,10-11H2,1-2H3. The lowest BCUT2D eigenvalue weighted by Crippen LogP contribution is -2.34. The summed E-state index contributed by atoms with van der Waals surface area (Å²) in [6.07, 6.45) is 10.7. The summed E-state index contributed by atoms with van der Waals surface area (Å²) in [5, 5.41) is 4.51. The summed E-state index contributed by atoms with van der Waals surface area (Å²) in [4.78, 5) is 4.43. The Labute approximate surface area is 115 Å². The molecule has 2 rings (SSSR count). The molecule has 1 unspecified atom stereocenters. The lowest BCUT2D eigenvalue weighted by Gasteiger charge is -2.19. The van der Waals surface area contributed by atoms with Crippen molar-refractivity contribution in [2.75, 3.05) is 12.3 Å². The fourth-order valence-corrected chi connectivity index (χ4v) is 4.01. The third-order valence-electron chi connectivity index (χ3n) is 3.68. The molecule has 0 aromatic carbocycles. The van der Waals surface area contributed by atoms with Crippen LogP contribution in [0.2, 0.25) is 0 Å². The van der Waals surface area contributed by atoms with Gasteiger partial charge in [-0.3, -0.25) is 0 Å². The van der Waals surface area contributed by atoms with Gasteiger partial charge in [-0.05, 0) is 19.4 Å². The third-order valence-corrected chi connectivity index (χ3v) is 5.22. The highest BCUT2D eigenvalue weighted by Gasteiger charge is 2.18. The Hall–Kier alpha value is -0.480. The molecular formula is C14H25N3S. The molecule has 4 heteroatoms. The zero-order valence-electron chi connectivity index (χ0n) is 11.6. The van der Waals surface area contributed by atoms with Gasteiger partial charge in [-0.15, -0.1) is 0 Å². The zero-order valence-corrected chi connectivity index (χ0v) is 12.4. The monoisotopic (exact) mass is 267 g/mol. The first-order valence-corrected chi connectivity index (χ1v) is 8.15. The van der Waals surface area contributed by atoms with E-state index in [1.54, 1.807) is 0 Å². The number of nitrogens with one attached hydrogen (secondary N) is 1. The largest absolute Gasteiger partial charge is 0.338 e. The summed E-state index contributed by atoms with van der Waals surface area (Å²) in [5.74, 6) is 2.40. The van der Waals surface area contributed by atoms with Crippen molar-refractivity contribution < 1.29 is 0 Å². The zero-order chi connectivity index (χ0) is 12.8. The summed E-state index contributed by atoms with van der Waals surface area (Å²) in [5.41, 5.74) is 0. The van der Waals surface area contributed by atoms with Crippen LogP contribution in [-0.4, -0.2) is 33.1 Å². The SMILES string of the molecule is CCNC(CSC1CCCC1)Cc1nccn1C. The summed E-state index contributed by atoms with van der Waals surface area (Å²) in [6.45, 7) is 3.23. The van der Waals surface area contributed by atoms with Crippen molar-refractivity contribution in [3.63, 3.8) is 0 Å². The van der Waals surface area contributed by atoms with Crippen LogP contribution in [0.3, 0.4) is 0 Å². The first-order chi connectivity index (χ1) is 8.79. The Morgan fingerprint density at radius 1 is 1.50 bits per heavy atom. The molecule has 0 aliphatic heterocycles. The van der Waals surface area contributed by atoms with Crippen LogP contribution in [0, 0.1) is 0 Å². The van der Waals surface area contributed by atoms with Crippen LogP contribution in [0.25, 0.3) is 0 Å². The normalized spacial score (nSPS) is 18.3. The molecule has 0 bridgehead atoms. The third kappa shape index (κ3) is 4.02. The summed E-state index contributed by atoms with van der Waals surface area (Å²) in [6, 6.07) is 0.557. The van der Waals surface area contributed by atoms with Gasteiger partial charge in [0.15, 0.2) is 0 Å². The highest BCUT2D eigenvalue weighted by Crippen LogP contribution is 2.29. The van der Waals surface area contributed by atoms with Gasteiger partial charge in [0.05, 0.1) is 0 Å². The Bertz CT molecular complexity index is 345. The van der Waals surface area contributed by atoms with Crippen molar-refractivity contribution in [2.24, 2.45) is 7.05 Å². The lowest BCUT2D eigenvalue weighted by molar-refractivity contribution is 0.549. The van der Waals surface area contributed by atoms with Gasteiger partial charge in [-0.1, -0.05) is 19.8 Å². The molecular weight excluding hydrogens is 242 g/mol. The fraction of sp³-hybridized carbons (Fsp3) is 0.786. The van der Waals surface area contributed by atoms with E-state index in [0.29, 0.717) is 6.04 Å². The van der Waals surface area contributed by atoms with Crippen LogP contribution in [0.4, 0.5) is 0 Å². The van der Waals surface area contributed by atoms with E-state index < -0.39 is 0 Å². The van der Waals surface area contributed by atoms with Crippen LogP contribution >= 0.6 is 11.8 Å². The summed E-state index contributed by atoms with van der Waals surface area (Å²) >= 11 is 2.16. The molecule has 0 saturated heterocycles. The summed E-state index contributed by atoms with van der Waals surface area (Å²) < 4.78 is 2.13. The quantitative estimate of drug-likeness (QED) is 0.823. The number of likely N-dealkylation sites (N-methyl/N-ethyl adjacent to an activating group) is 1. The smallest absolute Gasteiger partial charge is 0.109 e. The highest BCUT2D eigenvalue weighted by molar-refractivity contribution is 7.99. The fourth-order valence-electron chi connectivity index (χ4n) is 2.60. The first kappa shape index (κ1) is 13.9. The maximum absolute atomic E-state index is 4.43. The van der Waals surface area contributed by atoms with E-state index >= 15 is 0 Å². The van der Waals surface area contributed by atoms with Gasteiger partial charge >= 0.3 is 0 Å². The number of rotatable bonds is 7. The van der Waals surface area contributed by atoms with Gasteiger partial charge < -0.3 is 9.88 Å². The van der Waals surface area contributed by atoms with Crippen molar-refractivity contribution in [1.29, 1.82) is 0 Å². The van der Waals surface area contributed by atoms with Crippen LogP contribution in [0.15, 0.2) is 12.4 Å². The molecule has 1 aromatic heterocycles. The minimum Gasteiger partial charge on any atom is -0.338 e. The van der Waals surface area contributed by atoms with Crippen LogP contribution in [0.5, 0.6) is 0 Å².